The molecule has 0 radical (unpaired) electrons. The van der Waals surface area contributed by atoms with Gasteiger partial charge in [0.05, 0.1) is 11.8 Å². The molecule has 1 saturated heterocycles. The molecule has 1 heterocycles. The lowest BCUT2D eigenvalue weighted by atomic mass is 9.75. The molecule has 0 saturated carbocycles. The average Bonchev–Trinajstić information content (AvgIpc) is 3.08. The number of nitrogens with zero attached hydrogens (tertiary/aromatic N) is 1. The number of rotatable bonds is 10. The molecule has 1 atom stereocenters. The number of nitrogen functional groups attached to an aromatic ring is 1. The minimum atomic E-state index is -4.75. The number of piperidine rings is 1. The number of alkyl halides is 3. The van der Waals surface area contributed by atoms with Crippen LogP contribution in [0.2, 0.25) is 0 Å². The Balaban J connectivity index is 1.40. The van der Waals surface area contributed by atoms with Crippen LogP contribution in [0.5, 0.6) is 0 Å². The second-order valence-electron chi connectivity index (χ2n) is 12.3. The first-order valence-corrected chi connectivity index (χ1v) is 17.5. The lowest BCUT2D eigenvalue weighted by molar-refractivity contribution is -0.142. The fourth-order valence-corrected chi connectivity index (χ4v) is 6.48. The van der Waals surface area contributed by atoms with Crippen LogP contribution in [-0.2, 0) is 34.0 Å². The zero-order valence-electron chi connectivity index (χ0n) is 26.7. The molecule has 4 aromatic rings. The van der Waals surface area contributed by atoms with E-state index in [4.69, 9.17) is 5.73 Å². The molecule has 49 heavy (non-hydrogen) atoms. The Morgan fingerprint density at radius 1 is 0.878 bits per heavy atom. The number of aliphatic hydroxyl groups is 1. The van der Waals surface area contributed by atoms with Crippen molar-refractivity contribution in [3.05, 3.63) is 119 Å². The third-order valence-electron chi connectivity index (χ3n) is 8.71. The van der Waals surface area contributed by atoms with Crippen molar-refractivity contribution in [1.82, 2.24) is 9.62 Å². The third kappa shape index (κ3) is 8.85. The maximum atomic E-state index is 13.9. The Bertz CT molecular complexity index is 1910. The molecule has 13 heteroatoms. The summed E-state index contributed by atoms with van der Waals surface area (Å²) in [5.74, 6) is -1.67. The maximum Gasteiger partial charge on any atom is 0.418 e. The Kier molecular flexibility index (Phi) is 10.5. The van der Waals surface area contributed by atoms with Crippen molar-refractivity contribution in [2.75, 3.05) is 30.4 Å². The Morgan fingerprint density at radius 2 is 1.55 bits per heavy atom. The number of carbonyl (C=O) groups excluding carboxylic acids is 2. The van der Waals surface area contributed by atoms with Crippen LogP contribution in [0.4, 0.5) is 24.5 Å². The zero-order valence-corrected chi connectivity index (χ0v) is 27.5. The first kappa shape index (κ1) is 35.6. The van der Waals surface area contributed by atoms with Crippen LogP contribution in [0.25, 0.3) is 11.1 Å². The normalized spacial score (nSPS) is 15.4. The van der Waals surface area contributed by atoms with Crippen molar-refractivity contribution in [3.8, 4) is 11.1 Å². The summed E-state index contributed by atoms with van der Waals surface area (Å²) in [5, 5.41) is 14.8. The summed E-state index contributed by atoms with van der Waals surface area (Å²) in [6.45, 7) is 0.679. The number of nitrogens with one attached hydrogen (secondary N) is 2. The highest BCUT2D eigenvalue weighted by Crippen LogP contribution is 2.37. The highest BCUT2D eigenvalue weighted by atomic mass is 32.2. The second-order valence-corrected chi connectivity index (χ2v) is 14.1. The molecular formula is C36H37F3N4O5S. The van der Waals surface area contributed by atoms with Gasteiger partial charge in [-0.15, -0.1) is 0 Å². The molecule has 0 bridgehead atoms. The van der Waals surface area contributed by atoms with Gasteiger partial charge < -0.3 is 21.1 Å². The zero-order chi connectivity index (χ0) is 35.4. The van der Waals surface area contributed by atoms with Gasteiger partial charge in [-0.1, -0.05) is 66.7 Å². The lowest BCUT2D eigenvalue weighted by Crippen LogP contribution is -2.54. The van der Waals surface area contributed by atoms with Crippen LogP contribution in [0.3, 0.4) is 0 Å². The van der Waals surface area contributed by atoms with E-state index in [0.29, 0.717) is 11.1 Å². The summed E-state index contributed by atoms with van der Waals surface area (Å²) in [6.07, 6.45) is -3.26. The predicted octanol–water partition coefficient (Wildman–Crippen LogP) is 5.47. The van der Waals surface area contributed by atoms with E-state index in [1.54, 1.807) is 53.4 Å². The van der Waals surface area contributed by atoms with Crippen LogP contribution in [-0.4, -0.2) is 55.2 Å². The van der Waals surface area contributed by atoms with Gasteiger partial charge in [0, 0.05) is 48.9 Å². The molecule has 2 amide bonds. The molecule has 0 aromatic heterocycles. The van der Waals surface area contributed by atoms with Gasteiger partial charge in [-0.05, 0) is 65.4 Å². The number of likely N-dealkylation sites (tertiary alicyclic amines) is 1. The fourth-order valence-electron chi connectivity index (χ4n) is 6.05. The van der Waals surface area contributed by atoms with Crippen molar-refractivity contribution in [2.45, 2.75) is 37.6 Å². The topological polar surface area (TPSA) is 142 Å². The predicted molar refractivity (Wildman–Crippen MR) is 182 cm³/mol. The lowest BCUT2D eigenvalue weighted by Gasteiger charge is -2.40. The molecule has 0 spiro atoms. The number of anilines is 2. The molecule has 1 fully saturated rings. The van der Waals surface area contributed by atoms with E-state index in [-0.39, 0.29) is 50.5 Å². The quantitative estimate of drug-likeness (QED) is 0.162. The highest BCUT2D eigenvalue weighted by Gasteiger charge is 2.46. The number of hydrogen-bond acceptors (Lipinski definition) is 6. The number of carbonyl (C=O) groups is 2. The molecule has 0 aliphatic carbocycles. The van der Waals surface area contributed by atoms with Gasteiger partial charge in [0.1, 0.15) is 5.60 Å². The molecule has 1 aliphatic heterocycles. The first-order chi connectivity index (χ1) is 23.1. The summed E-state index contributed by atoms with van der Waals surface area (Å²) in [7, 11) is -3.36. The smallest absolute Gasteiger partial charge is 0.398 e. The van der Waals surface area contributed by atoms with E-state index in [0.717, 1.165) is 35.1 Å². The number of halogens is 3. The van der Waals surface area contributed by atoms with Crippen LogP contribution in [0.15, 0.2) is 97.1 Å². The van der Waals surface area contributed by atoms with Crippen molar-refractivity contribution in [3.63, 3.8) is 0 Å². The minimum Gasteiger partial charge on any atom is -0.398 e. The molecule has 5 rings (SSSR count). The monoisotopic (exact) mass is 694 g/mol. The third-order valence-corrected chi connectivity index (χ3v) is 9.38. The molecule has 1 aliphatic rings. The van der Waals surface area contributed by atoms with Crippen molar-refractivity contribution >= 4 is 33.2 Å². The average molecular weight is 695 g/mol. The van der Waals surface area contributed by atoms with Gasteiger partial charge >= 0.3 is 6.18 Å². The standard InChI is InChI=1S/C36H37F3N4O5S/c1-49(47,48)41-23-24-10-12-26(13-11-24)28-9-5-6-25(20-28)22-35(46,34(45)42-30-14-15-32(40)31(21-30)36(37,38)39)29-16-18-43(19-17-29)33(44)27-7-3-2-4-8-27/h2-15,20-21,29,41,46H,16-19,22-23,40H2,1H3,(H,42,45). The van der Waals surface area contributed by atoms with Gasteiger partial charge in [-0.25, -0.2) is 13.1 Å². The van der Waals surface area contributed by atoms with Gasteiger partial charge in [0.2, 0.25) is 10.0 Å². The SMILES string of the molecule is CS(=O)(=O)NCc1ccc(-c2cccc(CC(O)(C(=O)Nc3ccc(N)c(C(F)(F)F)c3)C3CCN(C(=O)c4ccccc4)CC3)c2)cc1. The van der Waals surface area contributed by atoms with Crippen molar-refractivity contribution in [2.24, 2.45) is 5.92 Å². The van der Waals surface area contributed by atoms with Gasteiger partial charge in [0.25, 0.3) is 11.8 Å². The van der Waals surface area contributed by atoms with E-state index < -0.39 is 44.9 Å². The summed E-state index contributed by atoms with van der Waals surface area (Å²) in [5.41, 5.74) is 5.21. The summed E-state index contributed by atoms with van der Waals surface area (Å²) >= 11 is 0. The number of benzene rings is 4. The maximum absolute atomic E-state index is 13.9. The van der Waals surface area contributed by atoms with Crippen molar-refractivity contribution in [1.29, 1.82) is 0 Å². The van der Waals surface area contributed by atoms with Gasteiger partial charge in [0.15, 0.2) is 0 Å². The van der Waals surface area contributed by atoms with Gasteiger partial charge in [-0.2, -0.15) is 13.2 Å². The van der Waals surface area contributed by atoms with E-state index >= 15 is 0 Å². The second kappa shape index (κ2) is 14.4. The number of hydrogen-bond donors (Lipinski definition) is 4. The van der Waals surface area contributed by atoms with Crippen LogP contribution >= 0.6 is 0 Å². The summed E-state index contributed by atoms with van der Waals surface area (Å²) in [6, 6.07) is 26.3. The van der Waals surface area contributed by atoms with E-state index in [2.05, 4.69) is 10.0 Å². The number of nitrogens with two attached hydrogens (primary N) is 1. The van der Waals surface area contributed by atoms with Crippen LogP contribution in [0, 0.1) is 5.92 Å². The van der Waals surface area contributed by atoms with E-state index in [1.165, 1.54) is 6.07 Å². The molecule has 258 valence electrons. The molecule has 5 N–H and O–H groups in total. The largest absolute Gasteiger partial charge is 0.418 e. The van der Waals surface area contributed by atoms with Crippen LogP contribution < -0.4 is 15.8 Å². The summed E-state index contributed by atoms with van der Waals surface area (Å²) in [4.78, 5) is 28.7. The Labute approximate surface area is 283 Å². The minimum absolute atomic E-state index is 0.134. The Hall–Kier alpha value is -4.72. The van der Waals surface area contributed by atoms with E-state index in [9.17, 15) is 36.3 Å². The molecule has 1 unspecified atom stereocenters. The highest BCUT2D eigenvalue weighted by molar-refractivity contribution is 7.88. The van der Waals surface area contributed by atoms with Gasteiger partial charge in [-0.3, -0.25) is 9.59 Å². The molecular weight excluding hydrogens is 657 g/mol. The number of amides is 2. The van der Waals surface area contributed by atoms with Crippen molar-refractivity contribution < 1.29 is 36.3 Å². The molecule has 4 aromatic carbocycles. The first-order valence-electron chi connectivity index (χ1n) is 15.6. The summed E-state index contributed by atoms with van der Waals surface area (Å²) < 4.78 is 66.1. The fraction of sp³-hybridized carbons (Fsp3) is 0.278. The number of sulfonamides is 1. The van der Waals surface area contributed by atoms with E-state index in [1.807, 2.05) is 30.3 Å². The molecule has 9 nitrogen and oxygen atoms in total. The van der Waals surface area contributed by atoms with Crippen LogP contribution in [0.1, 0.15) is 39.9 Å². The Morgan fingerprint density at radius 3 is 2.18 bits per heavy atom.